The molecule has 4 aromatic rings. The molecule has 0 aliphatic carbocycles. The summed E-state index contributed by atoms with van der Waals surface area (Å²) in [4.78, 5) is 7.65. The van der Waals surface area contributed by atoms with E-state index in [4.69, 9.17) is 4.74 Å². The summed E-state index contributed by atoms with van der Waals surface area (Å²) < 4.78 is 19.5. The first-order chi connectivity index (χ1) is 13.3. The number of halogens is 3. The Morgan fingerprint density at radius 3 is 2.93 bits per heavy atom. The van der Waals surface area contributed by atoms with E-state index in [9.17, 15) is 4.39 Å². The summed E-state index contributed by atoms with van der Waals surface area (Å²) in [5, 5.41) is 5.71. The fraction of sp³-hybridized carbons (Fsp3) is 0.227. The maximum atomic E-state index is 13.5. The Kier molecular flexibility index (Phi) is 6.63. The van der Waals surface area contributed by atoms with Crippen molar-refractivity contribution in [2.24, 2.45) is 0 Å². The maximum Gasteiger partial charge on any atom is 0.123 e. The first-order valence-electron chi connectivity index (χ1n) is 9.26. The van der Waals surface area contributed by atoms with E-state index in [-0.39, 0.29) is 36.7 Å². The molecule has 0 fully saturated rings. The van der Waals surface area contributed by atoms with Crippen LogP contribution in [0.25, 0.3) is 21.8 Å². The van der Waals surface area contributed by atoms with E-state index in [0.29, 0.717) is 6.61 Å². The zero-order valence-corrected chi connectivity index (χ0v) is 17.3. The van der Waals surface area contributed by atoms with Crippen molar-refractivity contribution in [2.45, 2.75) is 18.9 Å². The van der Waals surface area contributed by atoms with Gasteiger partial charge in [0.1, 0.15) is 18.2 Å². The van der Waals surface area contributed by atoms with Gasteiger partial charge in [-0.15, -0.1) is 24.8 Å². The molecular formula is C22H22Cl2FN3O. The lowest BCUT2D eigenvalue weighted by atomic mass is 9.98. The van der Waals surface area contributed by atoms with E-state index in [1.165, 1.54) is 11.6 Å². The minimum atomic E-state index is -0.200. The molecule has 0 spiro atoms. The smallest absolute Gasteiger partial charge is 0.123 e. The zero-order valence-electron chi connectivity index (χ0n) is 15.7. The third-order valence-corrected chi connectivity index (χ3v) is 5.30. The van der Waals surface area contributed by atoms with Gasteiger partial charge in [-0.05, 0) is 61.3 Å². The van der Waals surface area contributed by atoms with Crippen molar-refractivity contribution in [1.29, 1.82) is 0 Å². The van der Waals surface area contributed by atoms with Crippen molar-refractivity contribution in [2.75, 3.05) is 13.2 Å². The highest BCUT2D eigenvalue weighted by molar-refractivity contribution is 5.86. The Hall–Kier alpha value is -2.34. The van der Waals surface area contributed by atoms with Gasteiger partial charge in [-0.25, -0.2) is 4.39 Å². The molecule has 2 aromatic carbocycles. The van der Waals surface area contributed by atoms with Gasteiger partial charge in [-0.1, -0.05) is 6.07 Å². The predicted molar refractivity (Wildman–Crippen MR) is 119 cm³/mol. The molecule has 0 saturated carbocycles. The van der Waals surface area contributed by atoms with Crippen molar-refractivity contribution in [3.05, 3.63) is 71.8 Å². The van der Waals surface area contributed by atoms with Crippen LogP contribution in [-0.4, -0.2) is 29.2 Å². The van der Waals surface area contributed by atoms with Gasteiger partial charge in [0.15, 0.2) is 0 Å². The van der Waals surface area contributed by atoms with Crippen LogP contribution in [0.5, 0.6) is 5.75 Å². The highest BCUT2D eigenvalue weighted by Crippen LogP contribution is 2.31. The predicted octanol–water partition coefficient (Wildman–Crippen LogP) is 4.83. The van der Waals surface area contributed by atoms with Gasteiger partial charge in [0.05, 0.1) is 5.52 Å². The minimum absolute atomic E-state index is 0. The van der Waals surface area contributed by atoms with Gasteiger partial charge in [0.25, 0.3) is 0 Å². The second-order valence-corrected chi connectivity index (χ2v) is 7.03. The molecule has 2 aromatic heterocycles. The highest BCUT2D eigenvalue weighted by atomic mass is 35.5. The topological polar surface area (TPSA) is 49.9 Å². The largest absolute Gasteiger partial charge is 0.492 e. The third-order valence-electron chi connectivity index (χ3n) is 5.30. The second-order valence-electron chi connectivity index (χ2n) is 7.03. The molecule has 0 amide bonds. The maximum absolute atomic E-state index is 13.5. The number of fused-ring (bicyclic) bond motifs is 4. The monoisotopic (exact) mass is 433 g/mol. The highest BCUT2D eigenvalue weighted by Gasteiger charge is 2.21. The summed E-state index contributed by atoms with van der Waals surface area (Å²) >= 11 is 0. The summed E-state index contributed by atoms with van der Waals surface area (Å²) in [6, 6.07) is 13.2. The summed E-state index contributed by atoms with van der Waals surface area (Å²) in [6.45, 7) is 1.47. The van der Waals surface area contributed by atoms with E-state index >= 15 is 0 Å². The SMILES string of the molecule is Cl.Cl.Fc1ccc2[nH]cc(CCNC3COc4ccc5ncccc5c4C3)c2c1. The average Bonchev–Trinajstić information content (AvgIpc) is 3.10. The number of pyridine rings is 1. The number of ether oxygens (including phenoxy) is 1. The number of hydrogen-bond acceptors (Lipinski definition) is 3. The van der Waals surface area contributed by atoms with Gasteiger partial charge < -0.3 is 15.0 Å². The number of hydrogen-bond donors (Lipinski definition) is 2. The van der Waals surface area contributed by atoms with Crippen LogP contribution in [0.2, 0.25) is 0 Å². The molecular weight excluding hydrogens is 412 g/mol. The van der Waals surface area contributed by atoms with E-state index in [0.717, 1.165) is 52.5 Å². The fourth-order valence-electron chi connectivity index (χ4n) is 3.93. The van der Waals surface area contributed by atoms with Crippen LogP contribution in [0.1, 0.15) is 11.1 Å². The average molecular weight is 434 g/mol. The molecule has 7 heteroatoms. The standard InChI is InChI=1S/C22H20FN3O.2ClH/c23-15-3-4-21-18(10-15)14(12-26-21)7-9-24-16-11-19-17-2-1-8-25-20(17)5-6-22(19)27-13-16;;/h1-6,8,10,12,16,24,26H,7,9,11,13H2;2*1H. The summed E-state index contributed by atoms with van der Waals surface area (Å²) in [5.41, 5.74) is 4.32. The Labute approximate surface area is 180 Å². The van der Waals surface area contributed by atoms with Crippen LogP contribution in [0.3, 0.4) is 0 Å². The first kappa shape index (κ1) is 21.4. The summed E-state index contributed by atoms with van der Waals surface area (Å²) in [7, 11) is 0. The molecule has 3 heterocycles. The number of rotatable bonds is 4. The molecule has 1 atom stereocenters. The fourth-order valence-corrected chi connectivity index (χ4v) is 3.93. The molecule has 1 unspecified atom stereocenters. The van der Waals surface area contributed by atoms with E-state index in [2.05, 4.69) is 21.4 Å². The van der Waals surface area contributed by atoms with Crippen LogP contribution in [-0.2, 0) is 12.8 Å². The summed E-state index contributed by atoms with van der Waals surface area (Å²) in [6.07, 6.45) is 5.54. The molecule has 0 radical (unpaired) electrons. The molecule has 0 saturated heterocycles. The molecule has 29 heavy (non-hydrogen) atoms. The lowest BCUT2D eigenvalue weighted by molar-refractivity contribution is 0.240. The Bertz CT molecular complexity index is 1130. The van der Waals surface area contributed by atoms with E-state index in [1.807, 2.05) is 30.6 Å². The van der Waals surface area contributed by atoms with Crippen molar-refractivity contribution in [1.82, 2.24) is 15.3 Å². The van der Waals surface area contributed by atoms with Crippen molar-refractivity contribution in [3.8, 4) is 5.75 Å². The third kappa shape index (κ3) is 4.17. The van der Waals surface area contributed by atoms with Gasteiger partial charge in [0, 0.05) is 40.3 Å². The minimum Gasteiger partial charge on any atom is -0.492 e. The van der Waals surface area contributed by atoms with Gasteiger partial charge in [-0.3, -0.25) is 4.98 Å². The van der Waals surface area contributed by atoms with Gasteiger partial charge in [0.2, 0.25) is 0 Å². The number of nitrogens with zero attached hydrogens (tertiary/aromatic N) is 1. The first-order valence-corrected chi connectivity index (χ1v) is 9.26. The number of aromatic amines is 1. The molecule has 5 rings (SSSR count). The lowest BCUT2D eigenvalue weighted by Crippen LogP contribution is -2.40. The Morgan fingerprint density at radius 1 is 1.14 bits per heavy atom. The quantitative estimate of drug-likeness (QED) is 0.484. The number of aromatic nitrogens is 2. The van der Waals surface area contributed by atoms with E-state index < -0.39 is 0 Å². The Balaban J connectivity index is 0.00000120. The molecule has 4 nitrogen and oxygen atoms in total. The van der Waals surface area contributed by atoms with Crippen LogP contribution >= 0.6 is 24.8 Å². The zero-order chi connectivity index (χ0) is 18.2. The van der Waals surface area contributed by atoms with Crippen LogP contribution in [0.15, 0.2) is 54.9 Å². The van der Waals surface area contributed by atoms with Crippen LogP contribution in [0, 0.1) is 5.82 Å². The van der Waals surface area contributed by atoms with Crippen molar-refractivity contribution < 1.29 is 9.13 Å². The molecule has 152 valence electrons. The van der Waals surface area contributed by atoms with Gasteiger partial charge in [-0.2, -0.15) is 0 Å². The molecule has 0 bridgehead atoms. The summed E-state index contributed by atoms with van der Waals surface area (Å²) in [5.74, 6) is 0.759. The van der Waals surface area contributed by atoms with E-state index in [1.54, 1.807) is 12.1 Å². The lowest BCUT2D eigenvalue weighted by Gasteiger charge is -2.27. The normalized spacial score (nSPS) is 15.3. The van der Waals surface area contributed by atoms with Crippen LogP contribution < -0.4 is 10.1 Å². The molecule has 1 aliphatic heterocycles. The van der Waals surface area contributed by atoms with Crippen molar-refractivity contribution in [3.63, 3.8) is 0 Å². The number of H-pyrrole nitrogens is 1. The molecule has 1 aliphatic rings. The second kappa shape index (κ2) is 8.99. The Morgan fingerprint density at radius 2 is 2.03 bits per heavy atom. The molecule has 2 N–H and O–H groups in total. The van der Waals surface area contributed by atoms with Gasteiger partial charge >= 0.3 is 0 Å². The number of nitrogens with one attached hydrogen (secondary N) is 2. The van der Waals surface area contributed by atoms with Crippen LogP contribution in [0.4, 0.5) is 4.39 Å². The number of benzene rings is 2. The van der Waals surface area contributed by atoms with Crippen molar-refractivity contribution >= 4 is 46.6 Å².